The van der Waals surface area contributed by atoms with Crippen LogP contribution in [0.25, 0.3) is 0 Å². The van der Waals surface area contributed by atoms with Crippen LogP contribution >= 0.6 is 23.5 Å². The first-order chi connectivity index (χ1) is 17.1. The summed E-state index contributed by atoms with van der Waals surface area (Å²) in [7, 11) is 1.57. The number of rotatable bonds is 6. The third-order valence-electron chi connectivity index (χ3n) is 5.47. The number of nitrogens with one attached hydrogen (secondary N) is 1. The Labute approximate surface area is 212 Å². The molecule has 0 radical (unpaired) electrons. The molecule has 0 unspecified atom stereocenters. The van der Waals surface area contributed by atoms with Crippen molar-refractivity contribution in [2.75, 3.05) is 23.1 Å². The fourth-order valence-corrected chi connectivity index (χ4v) is 5.68. The quantitative estimate of drug-likeness (QED) is 0.294. The number of ether oxygens (including phenoxy) is 1. The van der Waals surface area contributed by atoms with Gasteiger partial charge >= 0.3 is 0 Å². The fourth-order valence-electron chi connectivity index (χ4n) is 3.81. The summed E-state index contributed by atoms with van der Waals surface area (Å²) >= 11 is 3.12. The van der Waals surface area contributed by atoms with Crippen molar-refractivity contribution < 1.29 is 14.3 Å². The normalized spacial score (nSPS) is 11.9. The van der Waals surface area contributed by atoms with Gasteiger partial charge in [-0.15, -0.1) is 11.8 Å². The molecule has 35 heavy (non-hydrogen) atoms. The van der Waals surface area contributed by atoms with Gasteiger partial charge in [-0.25, -0.2) is 0 Å². The highest BCUT2D eigenvalue weighted by Crippen LogP contribution is 2.48. The van der Waals surface area contributed by atoms with Crippen LogP contribution in [-0.2, 0) is 4.79 Å². The largest absolute Gasteiger partial charge is 0.497 e. The monoisotopic (exact) mass is 498 g/mol. The van der Waals surface area contributed by atoms with E-state index in [1.807, 2.05) is 77.7 Å². The summed E-state index contributed by atoms with van der Waals surface area (Å²) in [5.41, 5.74) is 2.99. The van der Waals surface area contributed by atoms with Gasteiger partial charge in [0.1, 0.15) is 5.75 Å². The first-order valence-electron chi connectivity index (χ1n) is 11.0. The molecular formula is C28H22N2O3S2. The average molecular weight is 499 g/mol. The second-order valence-corrected chi connectivity index (χ2v) is 9.90. The van der Waals surface area contributed by atoms with Gasteiger partial charge in [-0.2, -0.15) is 0 Å². The minimum absolute atomic E-state index is 0.000944. The van der Waals surface area contributed by atoms with Crippen molar-refractivity contribution in [1.29, 1.82) is 0 Å². The number of hydrogen-bond acceptors (Lipinski definition) is 5. The zero-order valence-electron chi connectivity index (χ0n) is 18.9. The molecule has 0 saturated carbocycles. The number of carbonyl (C=O) groups is 2. The van der Waals surface area contributed by atoms with Gasteiger partial charge in [-0.3, -0.25) is 14.5 Å². The van der Waals surface area contributed by atoms with Gasteiger partial charge in [0.15, 0.2) is 0 Å². The van der Waals surface area contributed by atoms with E-state index in [9.17, 15) is 9.59 Å². The fraction of sp³-hybridized carbons (Fsp3) is 0.0714. The SMILES string of the molecule is COc1cccc(C(=O)Nc2cccc(SCC(=O)N3c4ccccc4Sc4ccccc43)c2)c1. The van der Waals surface area contributed by atoms with Crippen molar-refractivity contribution in [2.24, 2.45) is 0 Å². The Balaban J connectivity index is 1.30. The number of amides is 2. The lowest BCUT2D eigenvalue weighted by Crippen LogP contribution is -2.29. The minimum Gasteiger partial charge on any atom is -0.497 e. The summed E-state index contributed by atoms with van der Waals surface area (Å²) in [4.78, 5) is 30.9. The highest BCUT2D eigenvalue weighted by Gasteiger charge is 2.27. The molecule has 1 N–H and O–H groups in total. The minimum atomic E-state index is -0.221. The molecule has 1 heterocycles. The molecule has 1 aliphatic rings. The zero-order valence-corrected chi connectivity index (χ0v) is 20.6. The van der Waals surface area contributed by atoms with Crippen molar-refractivity contribution >= 4 is 52.4 Å². The summed E-state index contributed by atoms with van der Waals surface area (Å²) in [5, 5.41) is 2.92. The number of carbonyl (C=O) groups excluding carboxylic acids is 2. The lowest BCUT2D eigenvalue weighted by Gasteiger charge is -2.31. The molecule has 174 valence electrons. The lowest BCUT2D eigenvalue weighted by atomic mass is 10.2. The van der Waals surface area contributed by atoms with Crippen LogP contribution in [0.1, 0.15) is 10.4 Å². The third kappa shape index (κ3) is 5.06. The lowest BCUT2D eigenvalue weighted by molar-refractivity contribution is -0.115. The van der Waals surface area contributed by atoms with E-state index in [1.54, 1.807) is 43.1 Å². The van der Waals surface area contributed by atoms with Gasteiger partial charge in [0.25, 0.3) is 5.91 Å². The molecule has 0 aromatic heterocycles. The average Bonchev–Trinajstić information content (AvgIpc) is 2.90. The second kappa shape index (κ2) is 10.3. The molecule has 5 nitrogen and oxygen atoms in total. The van der Waals surface area contributed by atoms with Crippen LogP contribution in [0.3, 0.4) is 0 Å². The van der Waals surface area contributed by atoms with E-state index >= 15 is 0 Å². The Kier molecular flexibility index (Phi) is 6.79. The first kappa shape index (κ1) is 23.1. The topological polar surface area (TPSA) is 58.6 Å². The predicted molar refractivity (Wildman–Crippen MR) is 142 cm³/mol. The molecule has 2 amide bonds. The van der Waals surface area contributed by atoms with E-state index in [2.05, 4.69) is 5.32 Å². The molecule has 0 bridgehead atoms. The molecule has 0 spiro atoms. The Morgan fingerprint density at radius 3 is 2.26 bits per heavy atom. The number of thioether (sulfide) groups is 1. The number of para-hydroxylation sites is 2. The number of fused-ring (bicyclic) bond motifs is 2. The standard InChI is InChI=1S/C28H22N2O3S2/c1-33-21-10-6-8-19(16-21)28(32)29-20-9-7-11-22(17-20)34-18-27(31)30-23-12-2-4-14-25(23)35-26-15-5-3-13-24(26)30/h2-17H,18H2,1H3,(H,29,32). The van der Waals surface area contributed by atoms with Crippen LogP contribution < -0.4 is 15.0 Å². The highest BCUT2D eigenvalue weighted by atomic mass is 32.2. The molecule has 4 aromatic carbocycles. The van der Waals surface area contributed by atoms with E-state index in [-0.39, 0.29) is 17.6 Å². The van der Waals surface area contributed by atoms with Gasteiger partial charge in [-0.05, 0) is 60.7 Å². The maximum absolute atomic E-state index is 13.4. The predicted octanol–water partition coefficient (Wildman–Crippen LogP) is 6.87. The Morgan fingerprint density at radius 1 is 0.857 bits per heavy atom. The molecule has 0 saturated heterocycles. The Hall–Kier alpha value is -3.68. The number of hydrogen-bond donors (Lipinski definition) is 1. The van der Waals surface area contributed by atoms with E-state index < -0.39 is 0 Å². The van der Waals surface area contributed by atoms with Crippen molar-refractivity contribution in [2.45, 2.75) is 14.7 Å². The Bertz CT molecular complexity index is 1360. The van der Waals surface area contributed by atoms with Crippen LogP contribution in [-0.4, -0.2) is 24.7 Å². The van der Waals surface area contributed by atoms with Gasteiger partial charge in [0.2, 0.25) is 5.91 Å². The number of nitrogens with zero attached hydrogens (tertiary/aromatic N) is 1. The molecule has 7 heteroatoms. The maximum atomic E-state index is 13.4. The smallest absolute Gasteiger partial charge is 0.255 e. The molecule has 0 aliphatic carbocycles. The van der Waals surface area contributed by atoms with E-state index in [0.717, 1.165) is 26.1 Å². The number of benzene rings is 4. The van der Waals surface area contributed by atoms with Crippen LogP contribution in [0.4, 0.5) is 17.1 Å². The zero-order chi connectivity index (χ0) is 24.2. The van der Waals surface area contributed by atoms with Crippen LogP contribution in [0.5, 0.6) is 5.75 Å². The summed E-state index contributed by atoms with van der Waals surface area (Å²) in [6, 6.07) is 30.5. The van der Waals surface area contributed by atoms with Crippen LogP contribution in [0, 0.1) is 0 Å². The summed E-state index contributed by atoms with van der Waals surface area (Å²) in [6.45, 7) is 0. The second-order valence-electron chi connectivity index (χ2n) is 7.77. The number of methoxy groups -OCH3 is 1. The highest BCUT2D eigenvalue weighted by molar-refractivity contribution is 8.00. The van der Waals surface area contributed by atoms with Crippen molar-refractivity contribution in [1.82, 2.24) is 0 Å². The first-order valence-corrected chi connectivity index (χ1v) is 12.8. The molecule has 4 aromatic rings. The van der Waals surface area contributed by atoms with Gasteiger partial charge in [-0.1, -0.05) is 48.2 Å². The molecular weight excluding hydrogens is 476 g/mol. The van der Waals surface area contributed by atoms with Gasteiger partial charge in [0.05, 0.1) is 24.2 Å². The summed E-state index contributed by atoms with van der Waals surface area (Å²) in [5.74, 6) is 0.669. The third-order valence-corrected chi connectivity index (χ3v) is 7.58. The Morgan fingerprint density at radius 2 is 1.54 bits per heavy atom. The van der Waals surface area contributed by atoms with E-state index in [0.29, 0.717) is 17.0 Å². The van der Waals surface area contributed by atoms with Gasteiger partial charge in [0, 0.05) is 25.9 Å². The van der Waals surface area contributed by atoms with Crippen molar-refractivity contribution in [3.63, 3.8) is 0 Å². The molecule has 5 rings (SSSR count). The molecule has 1 aliphatic heterocycles. The summed E-state index contributed by atoms with van der Waals surface area (Å²) < 4.78 is 5.20. The summed E-state index contributed by atoms with van der Waals surface area (Å²) in [6.07, 6.45) is 0. The van der Waals surface area contributed by atoms with E-state index in [1.165, 1.54) is 11.8 Å². The van der Waals surface area contributed by atoms with Crippen LogP contribution in [0.2, 0.25) is 0 Å². The van der Waals surface area contributed by atoms with Crippen LogP contribution in [0.15, 0.2) is 112 Å². The number of anilines is 3. The van der Waals surface area contributed by atoms with Gasteiger partial charge < -0.3 is 10.1 Å². The maximum Gasteiger partial charge on any atom is 0.255 e. The molecule has 0 fully saturated rings. The molecule has 0 atom stereocenters. The van der Waals surface area contributed by atoms with E-state index in [4.69, 9.17) is 4.74 Å². The van der Waals surface area contributed by atoms with Crippen molar-refractivity contribution in [3.05, 3.63) is 103 Å². The van der Waals surface area contributed by atoms with Crippen molar-refractivity contribution in [3.8, 4) is 5.75 Å².